The first-order valence-electron chi connectivity index (χ1n) is 9.59. The second-order valence-electron chi connectivity index (χ2n) is 8.54. The summed E-state index contributed by atoms with van der Waals surface area (Å²) in [5, 5.41) is 8.94. The first-order valence-corrected chi connectivity index (χ1v) is 9.59. The van der Waals surface area contributed by atoms with Crippen LogP contribution in [0.15, 0.2) is 18.2 Å². The fourth-order valence-corrected chi connectivity index (χ4v) is 3.74. The first-order chi connectivity index (χ1) is 13.2. The van der Waals surface area contributed by atoms with Crippen molar-refractivity contribution >= 4 is 23.4 Å². The molecule has 3 rings (SSSR count). The summed E-state index contributed by atoms with van der Waals surface area (Å²) in [5.41, 5.74) is 0.964. The standard InChI is InChI=1S/C20H28FN3O4/c1-20(2,3)11-15-12-24(19(27)28-15)14-4-5-17(16(21)10-14)22-6-8-23(9-7-22)18(26)13-25/h4-5,10,15,25H,6-9,11-13H2,1-3H3. The molecular weight excluding hydrogens is 365 g/mol. The molecule has 2 amide bonds. The van der Waals surface area contributed by atoms with Crippen LogP contribution in [0, 0.1) is 11.2 Å². The molecule has 7 nitrogen and oxygen atoms in total. The average molecular weight is 393 g/mol. The van der Waals surface area contributed by atoms with Crippen molar-refractivity contribution in [2.75, 3.05) is 49.1 Å². The number of benzene rings is 1. The van der Waals surface area contributed by atoms with Crippen molar-refractivity contribution in [1.82, 2.24) is 4.90 Å². The van der Waals surface area contributed by atoms with E-state index >= 15 is 0 Å². The number of carbonyl (C=O) groups is 2. The molecule has 2 aliphatic heterocycles. The highest BCUT2D eigenvalue weighted by atomic mass is 19.1. The van der Waals surface area contributed by atoms with Gasteiger partial charge in [-0.05, 0) is 30.0 Å². The number of carbonyl (C=O) groups excluding carboxylic acids is 2. The number of piperazine rings is 1. The van der Waals surface area contributed by atoms with Gasteiger partial charge in [-0.1, -0.05) is 20.8 Å². The molecule has 2 fully saturated rings. The van der Waals surface area contributed by atoms with Gasteiger partial charge in [0, 0.05) is 26.2 Å². The molecule has 0 bridgehead atoms. The molecule has 0 spiro atoms. The van der Waals surface area contributed by atoms with Gasteiger partial charge in [-0.15, -0.1) is 0 Å². The Balaban J connectivity index is 1.66. The van der Waals surface area contributed by atoms with Crippen LogP contribution in [0.5, 0.6) is 0 Å². The maximum atomic E-state index is 14.8. The summed E-state index contributed by atoms with van der Waals surface area (Å²) in [6, 6.07) is 4.75. The molecule has 1 aromatic carbocycles. The van der Waals surface area contributed by atoms with Crippen molar-refractivity contribution < 1.29 is 23.8 Å². The summed E-state index contributed by atoms with van der Waals surface area (Å²) in [7, 11) is 0. The quantitative estimate of drug-likeness (QED) is 0.849. The van der Waals surface area contributed by atoms with Crippen molar-refractivity contribution in [3.63, 3.8) is 0 Å². The molecule has 2 saturated heterocycles. The van der Waals surface area contributed by atoms with Crippen molar-refractivity contribution in [2.45, 2.75) is 33.3 Å². The second-order valence-corrected chi connectivity index (χ2v) is 8.54. The Bertz CT molecular complexity index is 741. The highest BCUT2D eigenvalue weighted by Gasteiger charge is 2.35. The molecule has 0 aromatic heterocycles. The summed E-state index contributed by atoms with van der Waals surface area (Å²) in [6.07, 6.45) is 0.0945. The maximum absolute atomic E-state index is 14.8. The molecule has 1 atom stereocenters. The van der Waals surface area contributed by atoms with Gasteiger partial charge in [0.2, 0.25) is 5.91 Å². The SMILES string of the molecule is CC(C)(C)CC1CN(c2ccc(N3CCN(C(=O)CO)CC3)c(F)c2)C(=O)O1. The fourth-order valence-electron chi connectivity index (χ4n) is 3.74. The van der Waals surface area contributed by atoms with E-state index in [1.807, 2.05) is 4.90 Å². The third kappa shape index (κ3) is 4.55. The van der Waals surface area contributed by atoms with Gasteiger partial charge in [0.15, 0.2) is 0 Å². The highest BCUT2D eigenvalue weighted by Crippen LogP contribution is 2.31. The Morgan fingerprint density at radius 3 is 2.50 bits per heavy atom. The third-order valence-corrected chi connectivity index (χ3v) is 5.07. The Morgan fingerprint density at radius 2 is 1.93 bits per heavy atom. The summed E-state index contributed by atoms with van der Waals surface area (Å²) in [4.78, 5) is 28.7. The molecule has 1 aromatic rings. The van der Waals surface area contributed by atoms with E-state index in [-0.39, 0.29) is 17.4 Å². The number of ether oxygens (including phenoxy) is 1. The van der Waals surface area contributed by atoms with Gasteiger partial charge >= 0.3 is 6.09 Å². The minimum atomic E-state index is -0.509. The lowest BCUT2D eigenvalue weighted by molar-refractivity contribution is -0.134. The fraction of sp³-hybridized carbons (Fsp3) is 0.600. The molecule has 2 aliphatic rings. The van der Waals surface area contributed by atoms with Crippen LogP contribution < -0.4 is 9.80 Å². The number of aliphatic hydroxyl groups is 1. The van der Waals surface area contributed by atoms with Crippen molar-refractivity contribution in [3.05, 3.63) is 24.0 Å². The van der Waals surface area contributed by atoms with Crippen LogP contribution in [0.3, 0.4) is 0 Å². The van der Waals surface area contributed by atoms with E-state index in [9.17, 15) is 14.0 Å². The molecule has 28 heavy (non-hydrogen) atoms. The van der Waals surface area contributed by atoms with Gasteiger partial charge in [-0.3, -0.25) is 9.69 Å². The minimum Gasteiger partial charge on any atom is -0.444 e. The van der Waals surface area contributed by atoms with E-state index in [0.29, 0.717) is 44.1 Å². The zero-order chi connectivity index (χ0) is 20.5. The normalized spacial score (nSPS) is 20.5. The highest BCUT2D eigenvalue weighted by molar-refractivity contribution is 5.90. The van der Waals surface area contributed by atoms with Crippen molar-refractivity contribution in [1.29, 1.82) is 0 Å². The summed E-state index contributed by atoms with van der Waals surface area (Å²) < 4.78 is 20.2. The lowest BCUT2D eigenvalue weighted by Gasteiger charge is -2.36. The molecule has 0 aliphatic carbocycles. The smallest absolute Gasteiger partial charge is 0.414 e. The van der Waals surface area contributed by atoms with Crippen LogP contribution in [0.25, 0.3) is 0 Å². The zero-order valence-electron chi connectivity index (χ0n) is 16.7. The van der Waals surface area contributed by atoms with Crippen LogP contribution in [-0.2, 0) is 9.53 Å². The van der Waals surface area contributed by atoms with Gasteiger partial charge in [0.25, 0.3) is 0 Å². The Morgan fingerprint density at radius 1 is 1.25 bits per heavy atom. The van der Waals surface area contributed by atoms with Gasteiger partial charge < -0.3 is 19.6 Å². The monoisotopic (exact) mass is 393 g/mol. The number of anilines is 2. The van der Waals surface area contributed by atoms with E-state index in [2.05, 4.69) is 20.8 Å². The van der Waals surface area contributed by atoms with Crippen LogP contribution in [0.2, 0.25) is 0 Å². The van der Waals surface area contributed by atoms with Gasteiger partial charge in [-0.2, -0.15) is 0 Å². The predicted molar refractivity (Wildman–Crippen MR) is 104 cm³/mol. The number of cyclic esters (lactones) is 1. The van der Waals surface area contributed by atoms with E-state index in [4.69, 9.17) is 9.84 Å². The number of hydrogen-bond donors (Lipinski definition) is 1. The van der Waals surface area contributed by atoms with Crippen LogP contribution in [0.4, 0.5) is 20.6 Å². The largest absolute Gasteiger partial charge is 0.444 e. The molecule has 1 N–H and O–H groups in total. The Labute approximate surface area is 164 Å². The van der Waals surface area contributed by atoms with E-state index in [1.165, 1.54) is 11.0 Å². The summed E-state index contributed by atoms with van der Waals surface area (Å²) in [6.45, 7) is 8.02. The lowest BCUT2D eigenvalue weighted by Crippen LogP contribution is -2.49. The number of rotatable bonds is 4. The Hall–Kier alpha value is -2.35. The zero-order valence-corrected chi connectivity index (χ0v) is 16.7. The number of amides is 2. The average Bonchev–Trinajstić information content (AvgIpc) is 2.99. The molecule has 8 heteroatoms. The second kappa shape index (κ2) is 7.95. The summed E-state index contributed by atoms with van der Waals surface area (Å²) in [5.74, 6) is -0.723. The molecule has 154 valence electrons. The van der Waals surface area contributed by atoms with E-state index in [1.54, 1.807) is 17.0 Å². The predicted octanol–water partition coefficient (Wildman–Crippen LogP) is 2.23. The Kier molecular flexibility index (Phi) is 5.79. The van der Waals surface area contributed by atoms with E-state index < -0.39 is 18.5 Å². The molecule has 0 radical (unpaired) electrons. The van der Waals surface area contributed by atoms with Gasteiger partial charge in [-0.25, -0.2) is 9.18 Å². The van der Waals surface area contributed by atoms with Crippen LogP contribution in [0.1, 0.15) is 27.2 Å². The topological polar surface area (TPSA) is 73.3 Å². The maximum Gasteiger partial charge on any atom is 0.414 e. The molecule has 2 heterocycles. The van der Waals surface area contributed by atoms with Crippen LogP contribution in [-0.4, -0.2) is 67.4 Å². The number of halogens is 1. The number of aliphatic hydroxyl groups excluding tert-OH is 1. The summed E-state index contributed by atoms with van der Waals surface area (Å²) >= 11 is 0. The molecule has 1 unspecified atom stereocenters. The number of nitrogens with zero attached hydrogens (tertiary/aromatic N) is 3. The third-order valence-electron chi connectivity index (χ3n) is 5.07. The minimum absolute atomic E-state index is 0.0373. The van der Waals surface area contributed by atoms with Crippen molar-refractivity contribution in [3.8, 4) is 0 Å². The molecular formula is C20H28FN3O4. The number of hydrogen-bond acceptors (Lipinski definition) is 5. The van der Waals surface area contributed by atoms with Gasteiger partial charge in [0.05, 0.1) is 17.9 Å². The van der Waals surface area contributed by atoms with Crippen molar-refractivity contribution in [2.24, 2.45) is 5.41 Å². The van der Waals surface area contributed by atoms with Gasteiger partial charge in [0.1, 0.15) is 18.5 Å². The lowest BCUT2D eigenvalue weighted by atomic mass is 9.89. The molecule has 0 saturated carbocycles. The van der Waals surface area contributed by atoms with Crippen LogP contribution >= 0.6 is 0 Å². The first kappa shape index (κ1) is 20.4. The van der Waals surface area contributed by atoms with E-state index in [0.717, 1.165) is 6.42 Å².